The molecule has 0 aromatic heterocycles. The van der Waals surface area contributed by atoms with Crippen LogP contribution in [0.2, 0.25) is 0 Å². The average molecular weight is 244 g/mol. The third kappa shape index (κ3) is 2.19. The van der Waals surface area contributed by atoms with Crippen molar-refractivity contribution >= 4 is 15.9 Å². The largest absolute Gasteiger partial charge is 0.494 e. The summed E-state index contributed by atoms with van der Waals surface area (Å²) in [6.07, 6.45) is 0. The molecule has 0 saturated heterocycles. The first-order valence-corrected chi connectivity index (χ1v) is 4.47. The second kappa shape index (κ2) is 4.24. The van der Waals surface area contributed by atoms with Gasteiger partial charge in [0.15, 0.2) is 11.6 Å². The minimum atomic E-state index is -0.479. The topological polar surface area (TPSA) is 33.0 Å². The number of nitriles is 1. The minimum Gasteiger partial charge on any atom is -0.494 e. The van der Waals surface area contributed by atoms with Crippen LogP contribution >= 0.6 is 15.9 Å². The van der Waals surface area contributed by atoms with Gasteiger partial charge >= 0.3 is 0 Å². The summed E-state index contributed by atoms with van der Waals surface area (Å²) in [5.74, 6) is -0.277. The first kappa shape index (κ1) is 10.0. The normalized spacial score (nSPS) is 11.8. The Hall–Kier alpha value is -1.08. The van der Waals surface area contributed by atoms with Crippen LogP contribution in [0.4, 0.5) is 4.39 Å². The zero-order valence-electron chi connectivity index (χ0n) is 6.92. The minimum absolute atomic E-state index is 0.182. The Balaban J connectivity index is 3.04. The molecule has 13 heavy (non-hydrogen) atoms. The lowest BCUT2D eigenvalue weighted by atomic mass is 10.1. The van der Waals surface area contributed by atoms with Crippen LogP contribution in [0, 0.1) is 17.1 Å². The van der Waals surface area contributed by atoms with Crippen LogP contribution in [0.15, 0.2) is 18.2 Å². The first-order chi connectivity index (χ1) is 6.19. The number of ether oxygens (including phenoxy) is 1. The van der Waals surface area contributed by atoms with Gasteiger partial charge in [-0.15, -0.1) is 0 Å². The van der Waals surface area contributed by atoms with Crippen LogP contribution in [-0.4, -0.2) is 7.11 Å². The summed E-state index contributed by atoms with van der Waals surface area (Å²) in [5, 5.41) is 8.56. The van der Waals surface area contributed by atoms with E-state index < -0.39 is 10.6 Å². The molecule has 68 valence electrons. The van der Waals surface area contributed by atoms with Gasteiger partial charge in [0, 0.05) is 0 Å². The summed E-state index contributed by atoms with van der Waals surface area (Å²) >= 11 is 3.10. The van der Waals surface area contributed by atoms with Crippen molar-refractivity contribution in [2.24, 2.45) is 0 Å². The van der Waals surface area contributed by atoms with Crippen molar-refractivity contribution < 1.29 is 9.13 Å². The third-order valence-corrected chi connectivity index (χ3v) is 2.32. The first-order valence-electron chi connectivity index (χ1n) is 3.56. The maximum atomic E-state index is 13.1. The fourth-order valence-electron chi connectivity index (χ4n) is 0.915. The van der Waals surface area contributed by atoms with Crippen LogP contribution in [0.25, 0.3) is 0 Å². The molecule has 0 radical (unpaired) electrons. The summed E-state index contributed by atoms with van der Waals surface area (Å²) in [4.78, 5) is -0.479. The molecule has 1 atom stereocenters. The predicted molar refractivity (Wildman–Crippen MR) is 50.2 cm³/mol. The van der Waals surface area contributed by atoms with Crippen molar-refractivity contribution in [2.45, 2.75) is 4.83 Å². The number of methoxy groups -OCH3 is 1. The molecule has 1 unspecified atom stereocenters. The van der Waals surface area contributed by atoms with Gasteiger partial charge in [0.2, 0.25) is 0 Å². The van der Waals surface area contributed by atoms with Crippen molar-refractivity contribution in [3.8, 4) is 11.8 Å². The molecule has 4 heteroatoms. The summed E-state index contributed by atoms with van der Waals surface area (Å²) in [6, 6.07) is 6.37. The van der Waals surface area contributed by atoms with Crippen molar-refractivity contribution in [1.82, 2.24) is 0 Å². The number of rotatable bonds is 2. The molecule has 1 aromatic rings. The maximum absolute atomic E-state index is 13.1. The molecule has 0 aliphatic heterocycles. The lowest BCUT2D eigenvalue weighted by Gasteiger charge is -2.04. The third-order valence-electron chi connectivity index (χ3n) is 1.58. The van der Waals surface area contributed by atoms with E-state index in [1.807, 2.05) is 6.07 Å². The van der Waals surface area contributed by atoms with E-state index in [-0.39, 0.29) is 5.75 Å². The van der Waals surface area contributed by atoms with Gasteiger partial charge in [-0.05, 0) is 17.7 Å². The number of hydrogen-bond acceptors (Lipinski definition) is 2. The van der Waals surface area contributed by atoms with Gasteiger partial charge in [-0.3, -0.25) is 0 Å². The summed E-state index contributed by atoms with van der Waals surface area (Å²) < 4.78 is 17.8. The lowest BCUT2D eigenvalue weighted by molar-refractivity contribution is 0.386. The molecule has 0 saturated carbocycles. The molecular formula is C9H7BrFNO. The predicted octanol–water partition coefficient (Wildman–Crippen LogP) is 2.79. The van der Waals surface area contributed by atoms with Crippen LogP contribution in [0.5, 0.6) is 5.75 Å². The fourth-order valence-corrected chi connectivity index (χ4v) is 1.20. The number of alkyl halides is 1. The molecule has 0 heterocycles. The molecule has 0 aliphatic rings. The fraction of sp³-hybridized carbons (Fsp3) is 0.222. The van der Waals surface area contributed by atoms with E-state index in [4.69, 9.17) is 10.00 Å². The summed E-state index contributed by atoms with van der Waals surface area (Å²) in [7, 11) is 1.40. The molecule has 1 aromatic carbocycles. The van der Waals surface area contributed by atoms with E-state index >= 15 is 0 Å². The molecule has 1 rings (SSSR count). The van der Waals surface area contributed by atoms with Crippen LogP contribution in [0.3, 0.4) is 0 Å². The monoisotopic (exact) mass is 243 g/mol. The van der Waals surface area contributed by atoms with E-state index in [1.165, 1.54) is 19.2 Å². The molecule has 2 nitrogen and oxygen atoms in total. The van der Waals surface area contributed by atoms with Gasteiger partial charge in [0.1, 0.15) is 4.83 Å². The molecule has 0 aliphatic carbocycles. The van der Waals surface area contributed by atoms with Gasteiger partial charge in [-0.2, -0.15) is 5.26 Å². The molecule has 0 amide bonds. The van der Waals surface area contributed by atoms with Gasteiger partial charge in [0.25, 0.3) is 0 Å². The number of halogens is 2. The SMILES string of the molecule is COc1ccc(C(Br)C#N)cc1F. The quantitative estimate of drug-likeness (QED) is 0.749. The number of nitrogens with zero attached hydrogens (tertiary/aromatic N) is 1. The Labute approximate surface area is 84.1 Å². The highest BCUT2D eigenvalue weighted by molar-refractivity contribution is 9.09. The zero-order chi connectivity index (χ0) is 9.84. The lowest BCUT2D eigenvalue weighted by Crippen LogP contribution is -1.91. The van der Waals surface area contributed by atoms with Crippen LogP contribution in [0.1, 0.15) is 10.4 Å². The Morgan fingerprint density at radius 2 is 2.31 bits per heavy atom. The summed E-state index contributed by atoms with van der Waals surface area (Å²) in [5.41, 5.74) is 0.584. The van der Waals surface area contributed by atoms with E-state index in [0.29, 0.717) is 5.56 Å². The van der Waals surface area contributed by atoms with E-state index in [9.17, 15) is 4.39 Å². The van der Waals surface area contributed by atoms with Gasteiger partial charge in [-0.25, -0.2) is 4.39 Å². The van der Waals surface area contributed by atoms with E-state index in [1.54, 1.807) is 6.07 Å². The standard InChI is InChI=1S/C9H7BrFNO/c1-13-9-3-2-6(4-8(9)11)7(10)5-12/h2-4,7H,1H3. The second-order valence-electron chi connectivity index (χ2n) is 2.39. The highest BCUT2D eigenvalue weighted by Crippen LogP contribution is 2.26. The van der Waals surface area contributed by atoms with Gasteiger partial charge < -0.3 is 4.74 Å². The number of hydrogen-bond donors (Lipinski definition) is 0. The highest BCUT2D eigenvalue weighted by atomic mass is 79.9. The van der Waals surface area contributed by atoms with Crippen molar-refractivity contribution in [3.63, 3.8) is 0 Å². The Kier molecular flexibility index (Phi) is 3.26. The smallest absolute Gasteiger partial charge is 0.165 e. The second-order valence-corrected chi connectivity index (χ2v) is 3.30. The molecule has 0 bridgehead atoms. The number of benzene rings is 1. The Morgan fingerprint density at radius 1 is 1.62 bits per heavy atom. The molecule has 0 spiro atoms. The van der Waals surface area contributed by atoms with Crippen LogP contribution < -0.4 is 4.74 Å². The molecular weight excluding hydrogens is 237 g/mol. The van der Waals surface area contributed by atoms with Gasteiger partial charge in [-0.1, -0.05) is 22.0 Å². The Morgan fingerprint density at radius 3 is 2.77 bits per heavy atom. The van der Waals surface area contributed by atoms with Crippen molar-refractivity contribution in [1.29, 1.82) is 5.26 Å². The highest BCUT2D eigenvalue weighted by Gasteiger charge is 2.09. The zero-order valence-corrected chi connectivity index (χ0v) is 8.51. The maximum Gasteiger partial charge on any atom is 0.165 e. The molecule has 0 N–H and O–H groups in total. The Bertz CT molecular complexity index is 348. The van der Waals surface area contributed by atoms with Crippen molar-refractivity contribution in [2.75, 3.05) is 7.11 Å². The van der Waals surface area contributed by atoms with Gasteiger partial charge in [0.05, 0.1) is 13.2 Å². The van der Waals surface area contributed by atoms with E-state index in [0.717, 1.165) is 0 Å². The van der Waals surface area contributed by atoms with E-state index in [2.05, 4.69) is 15.9 Å². The molecule has 0 fully saturated rings. The van der Waals surface area contributed by atoms with Crippen LogP contribution in [-0.2, 0) is 0 Å². The van der Waals surface area contributed by atoms with Crippen molar-refractivity contribution in [3.05, 3.63) is 29.6 Å². The summed E-state index contributed by atoms with van der Waals surface area (Å²) in [6.45, 7) is 0. The average Bonchev–Trinajstić information content (AvgIpc) is 2.16.